The quantitative estimate of drug-likeness (QED) is 0.211. The lowest BCUT2D eigenvalue weighted by Gasteiger charge is -1.97. The molecule has 0 unspecified atom stereocenters. The van der Waals surface area contributed by atoms with E-state index in [-0.39, 0.29) is 0 Å². The van der Waals surface area contributed by atoms with Gasteiger partial charge in [0.1, 0.15) is 6.34 Å². The van der Waals surface area contributed by atoms with Gasteiger partial charge >= 0.3 is 0 Å². The maximum atomic E-state index is 7.76. The predicted octanol–water partition coefficient (Wildman–Crippen LogP) is -0.0345. The van der Waals surface area contributed by atoms with Gasteiger partial charge in [0.05, 0.1) is 0 Å². The predicted molar refractivity (Wildman–Crippen MR) is 24.0 cm³/mol. The molecule has 36 valence electrons. The van der Waals surface area contributed by atoms with Gasteiger partial charge in [-0.1, -0.05) is 5.16 Å². The maximum Gasteiger partial charge on any atom is 0.130 e. The molecule has 0 spiro atoms. The van der Waals surface area contributed by atoms with Crippen molar-refractivity contribution in [3.8, 4) is 0 Å². The van der Waals surface area contributed by atoms with Crippen molar-refractivity contribution in [2.45, 2.75) is 0 Å². The van der Waals surface area contributed by atoms with Crippen LogP contribution in [0.25, 0.3) is 0 Å². The Morgan fingerprint density at radius 2 is 2.17 bits per heavy atom. The largest absolute Gasteiger partial charge is 0.410 e. The molecule has 1 N–H and O–H groups in total. The molecule has 0 amide bonds. The Hall–Kier alpha value is -0.730. The summed E-state index contributed by atoms with van der Waals surface area (Å²) in [4.78, 5) is 1.64. The van der Waals surface area contributed by atoms with Crippen molar-refractivity contribution in [1.29, 1.82) is 0 Å². The van der Waals surface area contributed by atoms with E-state index >= 15 is 0 Å². The Balaban J connectivity index is 3.03. The van der Waals surface area contributed by atoms with Gasteiger partial charge in [-0.15, -0.1) is 0 Å². The van der Waals surface area contributed by atoms with Crippen molar-refractivity contribution < 1.29 is 5.21 Å². The number of hydrogen-bond acceptors (Lipinski definition) is 2. The van der Waals surface area contributed by atoms with Crippen LogP contribution in [0.5, 0.6) is 0 Å². The third kappa shape index (κ3) is 3.27. The summed E-state index contributed by atoms with van der Waals surface area (Å²) >= 11 is 0. The molecule has 0 aromatic rings. The van der Waals surface area contributed by atoms with E-state index in [9.17, 15) is 0 Å². The van der Waals surface area contributed by atoms with E-state index in [0.717, 1.165) is 0 Å². The van der Waals surface area contributed by atoms with Crippen LogP contribution >= 0.6 is 0 Å². The Kier molecular flexibility index (Phi) is 2.20. The van der Waals surface area contributed by atoms with E-state index < -0.39 is 0 Å². The smallest absolute Gasteiger partial charge is 0.130 e. The molecule has 0 fully saturated rings. The average Bonchev–Trinajstić information content (AvgIpc) is 1.35. The normalized spacial score (nSPS) is 9.67. The summed E-state index contributed by atoms with van der Waals surface area (Å²) in [5, 5.41) is 10.5. The molecule has 0 heterocycles. The Morgan fingerprint density at radius 1 is 1.67 bits per heavy atom. The van der Waals surface area contributed by atoms with Crippen LogP contribution < -0.4 is 0 Å². The summed E-state index contributed by atoms with van der Waals surface area (Å²) in [5.74, 6) is 0. The van der Waals surface area contributed by atoms with Gasteiger partial charge < -0.3 is 10.1 Å². The van der Waals surface area contributed by atoms with Crippen molar-refractivity contribution >= 4 is 6.34 Å². The molecule has 0 radical (unpaired) electrons. The monoisotopic (exact) mass is 88.1 g/mol. The van der Waals surface area contributed by atoms with Crippen LogP contribution in [0, 0.1) is 0 Å². The van der Waals surface area contributed by atoms with Crippen molar-refractivity contribution in [3.63, 3.8) is 0 Å². The number of oxime groups is 1. The molecule has 0 aliphatic carbocycles. The summed E-state index contributed by atoms with van der Waals surface area (Å²) < 4.78 is 0. The molecule has 0 aliphatic heterocycles. The van der Waals surface area contributed by atoms with E-state index in [1.165, 1.54) is 6.34 Å². The van der Waals surface area contributed by atoms with E-state index in [2.05, 4.69) is 5.16 Å². The zero-order valence-corrected chi connectivity index (χ0v) is 3.92. The van der Waals surface area contributed by atoms with Crippen LogP contribution in [0.15, 0.2) is 5.16 Å². The van der Waals surface area contributed by atoms with Gasteiger partial charge in [0, 0.05) is 14.1 Å². The first-order valence-electron chi connectivity index (χ1n) is 1.61. The molecule has 0 saturated carbocycles. The Morgan fingerprint density at radius 3 is 2.17 bits per heavy atom. The third-order valence-corrected chi connectivity index (χ3v) is 0.283. The van der Waals surface area contributed by atoms with E-state index in [1.54, 1.807) is 19.0 Å². The molecule has 0 atom stereocenters. The van der Waals surface area contributed by atoms with Gasteiger partial charge in [0.25, 0.3) is 0 Å². The second-order valence-electron chi connectivity index (χ2n) is 1.19. The highest BCUT2D eigenvalue weighted by atomic mass is 16.4. The zero-order chi connectivity index (χ0) is 4.99. The van der Waals surface area contributed by atoms with Crippen molar-refractivity contribution in [2.24, 2.45) is 5.16 Å². The third-order valence-electron chi connectivity index (χ3n) is 0.283. The van der Waals surface area contributed by atoms with Gasteiger partial charge in [-0.05, 0) is 0 Å². The van der Waals surface area contributed by atoms with Crippen LogP contribution in [-0.2, 0) is 0 Å². The number of hydrogen-bond donors (Lipinski definition) is 1. The van der Waals surface area contributed by atoms with Crippen LogP contribution in [0.4, 0.5) is 0 Å². The van der Waals surface area contributed by atoms with Crippen LogP contribution in [0.3, 0.4) is 0 Å². The molecule has 0 rings (SSSR count). The summed E-state index contributed by atoms with van der Waals surface area (Å²) in [6.45, 7) is 0. The number of rotatable bonds is 1. The van der Waals surface area contributed by atoms with Crippen LogP contribution in [-0.4, -0.2) is 30.5 Å². The molecule has 6 heavy (non-hydrogen) atoms. The molecule has 0 saturated heterocycles. The Bertz CT molecular complexity index is 50.8. The van der Waals surface area contributed by atoms with Gasteiger partial charge in [0.2, 0.25) is 0 Å². The van der Waals surface area contributed by atoms with Crippen molar-refractivity contribution in [2.75, 3.05) is 14.1 Å². The SMILES string of the molecule is CN(C)C=NO. The topological polar surface area (TPSA) is 35.8 Å². The minimum atomic E-state index is 1.31. The van der Waals surface area contributed by atoms with E-state index in [0.29, 0.717) is 0 Å². The molecule has 0 aromatic carbocycles. The van der Waals surface area contributed by atoms with Gasteiger partial charge in [0.15, 0.2) is 0 Å². The lowest BCUT2D eigenvalue weighted by atomic mass is 11.0. The van der Waals surface area contributed by atoms with Gasteiger partial charge in [-0.2, -0.15) is 0 Å². The fourth-order valence-electron chi connectivity index (χ4n) is 0.103. The highest BCUT2D eigenvalue weighted by molar-refractivity contribution is 5.52. The van der Waals surface area contributed by atoms with E-state index in [4.69, 9.17) is 5.21 Å². The zero-order valence-electron chi connectivity index (χ0n) is 3.92. The fraction of sp³-hybridized carbons (Fsp3) is 0.667. The number of nitrogens with zero attached hydrogens (tertiary/aromatic N) is 2. The lowest BCUT2D eigenvalue weighted by molar-refractivity contribution is 0.314. The standard InChI is InChI=1S/C3H8N2O/c1-5(2)3-4-6/h3,6H,1-2H3. The van der Waals surface area contributed by atoms with Crippen LogP contribution in [0.1, 0.15) is 0 Å². The average molecular weight is 88.1 g/mol. The first kappa shape index (κ1) is 5.27. The maximum absolute atomic E-state index is 7.76. The molecule has 0 aliphatic rings. The first-order valence-corrected chi connectivity index (χ1v) is 1.61. The molecule has 3 heteroatoms. The van der Waals surface area contributed by atoms with Crippen molar-refractivity contribution in [1.82, 2.24) is 4.90 Å². The Labute approximate surface area is 36.9 Å². The van der Waals surface area contributed by atoms with Gasteiger partial charge in [-0.25, -0.2) is 0 Å². The highest BCUT2D eigenvalue weighted by Crippen LogP contribution is 1.58. The van der Waals surface area contributed by atoms with E-state index in [1.807, 2.05) is 0 Å². The summed E-state index contributed by atoms with van der Waals surface area (Å²) in [5.41, 5.74) is 0. The highest BCUT2D eigenvalue weighted by Gasteiger charge is 1.69. The minimum absolute atomic E-state index is 1.31. The van der Waals surface area contributed by atoms with Gasteiger partial charge in [-0.3, -0.25) is 0 Å². The fourth-order valence-corrected chi connectivity index (χ4v) is 0.103. The molecule has 3 nitrogen and oxygen atoms in total. The summed E-state index contributed by atoms with van der Waals surface area (Å²) in [6.07, 6.45) is 1.31. The molecular formula is C3H8N2O. The second-order valence-corrected chi connectivity index (χ2v) is 1.19. The lowest BCUT2D eigenvalue weighted by Crippen LogP contribution is -2.06. The molecule has 0 bridgehead atoms. The minimum Gasteiger partial charge on any atom is -0.410 e. The van der Waals surface area contributed by atoms with Crippen molar-refractivity contribution in [3.05, 3.63) is 0 Å². The summed E-state index contributed by atoms with van der Waals surface area (Å²) in [7, 11) is 3.56. The summed E-state index contributed by atoms with van der Waals surface area (Å²) in [6, 6.07) is 0. The second kappa shape index (κ2) is 2.50. The first-order chi connectivity index (χ1) is 2.77. The van der Waals surface area contributed by atoms with Crippen LogP contribution in [0.2, 0.25) is 0 Å². The molecular weight excluding hydrogens is 80.0 g/mol. The molecule has 0 aromatic heterocycles.